The molecule has 0 radical (unpaired) electrons. The molecule has 1 unspecified atom stereocenters. The van der Waals surface area contributed by atoms with Gasteiger partial charge in [-0.3, -0.25) is 0 Å². The van der Waals surface area contributed by atoms with Gasteiger partial charge in [0.25, 0.3) is 0 Å². The molecular formula is C14H21F3N2O. The predicted octanol–water partition coefficient (Wildman–Crippen LogP) is 3.19. The van der Waals surface area contributed by atoms with Gasteiger partial charge >= 0.3 is 6.36 Å². The zero-order chi connectivity index (χ0) is 15.2. The smallest absolute Gasteiger partial charge is 0.406 e. The van der Waals surface area contributed by atoms with Crippen molar-refractivity contribution in [2.75, 3.05) is 26.7 Å². The lowest BCUT2D eigenvalue weighted by molar-refractivity contribution is -0.274. The first-order chi connectivity index (χ1) is 9.31. The maximum absolute atomic E-state index is 12.0. The molecule has 0 aromatic heterocycles. The summed E-state index contributed by atoms with van der Waals surface area (Å²) >= 11 is 0. The van der Waals surface area contributed by atoms with Crippen molar-refractivity contribution in [2.24, 2.45) is 0 Å². The van der Waals surface area contributed by atoms with E-state index in [4.69, 9.17) is 0 Å². The van der Waals surface area contributed by atoms with Gasteiger partial charge in [-0.1, -0.05) is 19.1 Å². The van der Waals surface area contributed by atoms with E-state index in [0.29, 0.717) is 0 Å². The third kappa shape index (κ3) is 6.25. The third-order valence-corrected chi connectivity index (χ3v) is 3.10. The number of ether oxygens (including phenoxy) is 1. The molecule has 0 saturated carbocycles. The molecule has 6 heteroatoms. The minimum Gasteiger partial charge on any atom is -0.406 e. The van der Waals surface area contributed by atoms with E-state index in [1.165, 1.54) is 12.1 Å². The number of likely N-dealkylation sites (N-methyl/N-ethyl adjacent to an activating group) is 1. The molecule has 1 rings (SSSR count). The van der Waals surface area contributed by atoms with Crippen molar-refractivity contribution in [1.29, 1.82) is 0 Å². The Kier molecular flexibility index (Phi) is 6.29. The molecule has 3 nitrogen and oxygen atoms in total. The van der Waals surface area contributed by atoms with Gasteiger partial charge in [0.2, 0.25) is 0 Å². The van der Waals surface area contributed by atoms with Gasteiger partial charge in [0.15, 0.2) is 0 Å². The number of rotatable bonds is 7. The molecule has 0 heterocycles. The van der Waals surface area contributed by atoms with E-state index in [2.05, 4.69) is 21.9 Å². The predicted molar refractivity (Wildman–Crippen MR) is 72.7 cm³/mol. The number of benzene rings is 1. The van der Waals surface area contributed by atoms with E-state index in [1.807, 2.05) is 14.0 Å². The first-order valence-corrected chi connectivity index (χ1v) is 6.59. The number of nitrogens with one attached hydrogen (secondary N) is 1. The first-order valence-electron chi connectivity index (χ1n) is 6.59. The fourth-order valence-corrected chi connectivity index (χ4v) is 1.71. The zero-order valence-electron chi connectivity index (χ0n) is 12.0. The fourth-order valence-electron chi connectivity index (χ4n) is 1.71. The van der Waals surface area contributed by atoms with Gasteiger partial charge in [0, 0.05) is 19.1 Å². The highest BCUT2D eigenvalue weighted by Crippen LogP contribution is 2.24. The lowest BCUT2D eigenvalue weighted by Gasteiger charge is -2.18. The van der Waals surface area contributed by atoms with Crippen LogP contribution in [0, 0.1) is 0 Å². The highest BCUT2D eigenvalue weighted by Gasteiger charge is 2.30. The number of alkyl halides is 3. The van der Waals surface area contributed by atoms with Crippen LogP contribution in [0.5, 0.6) is 5.75 Å². The van der Waals surface area contributed by atoms with Crippen molar-refractivity contribution < 1.29 is 17.9 Å². The summed E-state index contributed by atoms with van der Waals surface area (Å²) in [6.45, 7) is 6.80. The summed E-state index contributed by atoms with van der Waals surface area (Å²) in [5.41, 5.74) is 0.929. The van der Waals surface area contributed by atoms with Crippen LogP contribution >= 0.6 is 0 Å². The summed E-state index contributed by atoms with van der Waals surface area (Å²) in [6, 6.07) is 6.03. The Morgan fingerprint density at radius 3 is 2.35 bits per heavy atom. The van der Waals surface area contributed by atoms with E-state index < -0.39 is 6.36 Å². The van der Waals surface area contributed by atoms with E-state index in [-0.39, 0.29) is 11.8 Å². The van der Waals surface area contributed by atoms with E-state index in [1.54, 1.807) is 12.1 Å². The second-order valence-corrected chi connectivity index (χ2v) is 4.69. The molecule has 0 fully saturated rings. The lowest BCUT2D eigenvalue weighted by Crippen LogP contribution is -2.30. The quantitative estimate of drug-likeness (QED) is 0.834. The molecule has 0 saturated heterocycles. The van der Waals surface area contributed by atoms with Gasteiger partial charge in [0.05, 0.1) is 0 Å². The molecule has 0 aliphatic carbocycles. The number of hydrogen-bond acceptors (Lipinski definition) is 3. The van der Waals surface area contributed by atoms with Gasteiger partial charge < -0.3 is 15.0 Å². The molecule has 1 aromatic carbocycles. The van der Waals surface area contributed by atoms with Crippen molar-refractivity contribution in [3.63, 3.8) is 0 Å². The van der Waals surface area contributed by atoms with Gasteiger partial charge in [-0.15, -0.1) is 13.2 Å². The second-order valence-electron chi connectivity index (χ2n) is 4.69. The van der Waals surface area contributed by atoms with E-state index >= 15 is 0 Å². The maximum atomic E-state index is 12.0. The summed E-state index contributed by atoms with van der Waals surface area (Å²) in [4.78, 5) is 2.18. The van der Waals surface area contributed by atoms with Gasteiger partial charge in [-0.25, -0.2) is 0 Å². The molecule has 0 aliphatic heterocycles. The van der Waals surface area contributed by atoms with Crippen LogP contribution in [0.3, 0.4) is 0 Å². The Morgan fingerprint density at radius 1 is 1.25 bits per heavy atom. The SMILES string of the molecule is CCN(C)CCNC(C)c1ccc(OC(F)(F)F)cc1. The standard InChI is InChI=1S/C14H21F3N2O/c1-4-19(3)10-9-18-11(2)12-5-7-13(8-6-12)20-14(15,16)17/h5-8,11,18H,4,9-10H2,1-3H3. The van der Waals surface area contributed by atoms with Crippen LogP contribution in [0.15, 0.2) is 24.3 Å². The van der Waals surface area contributed by atoms with Crippen molar-refractivity contribution in [2.45, 2.75) is 26.3 Å². The molecule has 1 aromatic rings. The van der Waals surface area contributed by atoms with E-state index in [0.717, 1.165) is 25.2 Å². The third-order valence-electron chi connectivity index (χ3n) is 3.10. The minimum absolute atomic E-state index is 0.0835. The van der Waals surface area contributed by atoms with Crippen LogP contribution in [0.1, 0.15) is 25.5 Å². The van der Waals surface area contributed by atoms with Gasteiger partial charge in [-0.05, 0) is 38.2 Å². The molecule has 1 atom stereocenters. The summed E-state index contributed by atoms with van der Waals surface area (Å²) in [7, 11) is 2.04. The Labute approximate surface area is 117 Å². The summed E-state index contributed by atoms with van der Waals surface area (Å²) in [5, 5.41) is 3.33. The normalized spacial score (nSPS) is 13.6. The Balaban J connectivity index is 2.47. The molecule has 20 heavy (non-hydrogen) atoms. The lowest BCUT2D eigenvalue weighted by atomic mass is 10.1. The average Bonchev–Trinajstić information content (AvgIpc) is 2.37. The molecule has 0 bridgehead atoms. The van der Waals surface area contributed by atoms with Crippen molar-refractivity contribution in [3.05, 3.63) is 29.8 Å². The van der Waals surface area contributed by atoms with Crippen LogP contribution < -0.4 is 10.1 Å². The average molecular weight is 290 g/mol. The molecule has 0 amide bonds. The molecule has 114 valence electrons. The fraction of sp³-hybridized carbons (Fsp3) is 0.571. The monoisotopic (exact) mass is 290 g/mol. The van der Waals surface area contributed by atoms with Crippen LogP contribution in [0.2, 0.25) is 0 Å². The summed E-state index contributed by atoms with van der Waals surface area (Å²) in [5.74, 6) is -0.195. The summed E-state index contributed by atoms with van der Waals surface area (Å²) < 4.78 is 39.9. The largest absolute Gasteiger partial charge is 0.573 e. The zero-order valence-corrected chi connectivity index (χ0v) is 12.0. The Hall–Kier alpha value is -1.27. The van der Waals surface area contributed by atoms with Crippen LogP contribution in [0.4, 0.5) is 13.2 Å². The van der Waals surface area contributed by atoms with Crippen LogP contribution in [0.25, 0.3) is 0 Å². The molecule has 1 N–H and O–H groups in total. The molecule has 0 spiro atoms. The Morgan fingerprint density at radius 2 is 1.85 bits per heavy atom. The second kappa shape index (κ2) is 7.50. The molecule has 0 aliphatic rings. The minimum atomic E-state index is -4.64. The number of nitrogens with zero attached hydrogens (tertiary/aromatic N) is 1. The first kappa shape index (κ1) is 16.8. The topological polar surface area (TPSA) is 24.5 Å². The Bertz CT molecular complexity index is 392. The molecular weight excluding hydrogens is 269 g/mol. The number of halogens is 3. The van der Waals surface area contributed by atoms with Gasteiger partial charge in [-0.2, -0.15) is 0 Å². The van der Waals surface area contributed by atoms with Gasteiger partial charge in [0.1, 0.15) is 5.75 Å². The van der Waals surface area contributed by atoms with Crippen molar-refractivity contribution in [3.8, 4) is 5.75 Å². The number of hydrogen-bond donors (Lipinski definition) is 1. The van der Waals surface area contributed by atoms with Crippen LogP contribution in [-0.4, -0.2) is 37.9 Å². The maximum Gasteiger partial charge on any atom is 0.573 e. The summed E-state index contributed by atoms with van der Waals surface area (Å²) in [6.07, 6.45) is -4.64. The van der Waals surface area contributed by atoms with Crippen molar-refractivity contribution in [1.82, 2.24) is 10.2 Å². The van der Waals surface area contributed by atoms with E-state index in [9.17, 15) is 13.2 Å². The highest BCUT2D eigenvalue weighted by molar-refractivity contribution is 5.29. The van der Waals surface area contributed by atoms with Crippen molar-refractivity contribution >= 4 is 0 Å². The van der Waals surface area contributed by atoms with Crippen LogP contribution in [-0.2, 0) is 0 Å². The highest BCUT2D eigenvalue weighted by atomic mass is 19.4.